The lowest BCUT2D eigenvalue weighted by Gasteiger charge is -2.29. The van der Waals surface area contributed by atoms with Crippen molar-refractivity contribution in [2.45, 2.75) is 45.4 Å². The third kappa shape index (κ3) is 6.11. The Morgan fingerprint density at radius 2 is 1.70 bits per heavy atom. The molecular formula is C14H23BrO5. The van der Waals surface area contributed by atoms with E-state index in [0.717, 1.165) is 18.2 Å². The summed E-state index contributed by atoms with van der Waals surface area (Å²) in [5.41, 5.74) is -0.871. The third-order valence-electron chi connectivity index (χ3n) is 3.27. The largest absolute Gasteiger partial charge is 0.508 e. The van der Waals surface area contributed by atoms with E-state index in [1.165, 1.54) is 25.7 Å². The molecule has 6 heteroatoms. The molecule has 0 bridgehead atoms. The van der Waals surface area contributed by atoms with Gasteiger partial charge in [-0.15, -0.1) is 0 Å². The van der Waals surface area contributed by atoms with Crippen LogP contribution in [0.25, 0.3) is 0 Å². The van der Waals surface area contributed by atoms with Gasteiger partial charge >= 0.3 is 12.1 Å². The highest BCUT2D eigenvalue weighted by Gasteiger charge is 2.41. The molecule has 0 saturated carbocycles. The molecule has 0 radical (unpaired) electrons. The van der Waals surface area contributed by atoms with Crippen molar-refractivity contribution in [3.63, 3.8) is 0 Å². The maximum atomic E-state index is 11.9. The van der Waals surface area contributed by atoms with Gasteiger partial charge in [-0.25, -0.2) is 4.79 Å². The van der Waals surface area contributed by atoms with E-state index < -0.39 is 11.6 Å². The average molecular weight is 351 g/mol. The van der Waals surface area contributed by atoms with Crippen molar-refractivity contribution in [1.82, 2.24) is 0 Å². The van der Waals surface area contributed by atoms with E-state index in [1.807, 2.05) is 0 Å². The van der Waals surface area contributed by atoms with E-state index in [-0.39, 0.29) is 19.2 Å². The number of ether oxygens (including phenoxy) is 3. The summed E-state index contributed by atoms with van der Waals surface area (Å²) >= 11 is 3.41. The SMILES string of the molecule is CC1(C(=O)OCCCCCCCCBr)COC(=O)OC1. The third-order valence-corrected chi connectivity index (χ3v) is 3.83. The molecule has 1 saturated heterocycles. The predicted octanol–water partition coefficient (Wildman–Crippen LogP) is 3.44. The minimum atomic E-state index is -0.871. The number of hydrogen-bond acceptors (Lipinski definition) is 5. The van der Waals surface area contributed by atoms with Crippen molar-refractivity contribution < 1.29 is 23.8 Å². The molecule has 1 aliphatic rings. The summed E-state index contributed by atoms with van der Waals surface area (Å²) in [6.45, 7) is 2.15. The highest BCUT2D eigenvalue weighted by molar-refractivity contribution is 9.09. The molecule has 1 aliphatic heterocycles. The fraction of sp³-hybridized carbons (Fsp3) is 0.857. The van der Waals surface area contributed by atoms with Crippen LogP contribution in [-0.4, -0.2) is 37.3 Å². The molecule has 0 spiro atoms. The fourth-order valence-corrected chi connectivity index (χ4v) is 2.28. The zero-order valence-corrected chi connectivity index (χ0v) is 13.6. The number of esters is 1. The van der Waals surface area contributed by atoms with Gasteiger partial charge in [-0.05, 0) is 19.8 Å². The van der Waals surface area contributed by atoms with Gasteiger partial charge in [0.1, 0.15) is 18.6 Å². The zero-order chi connectivity index (χ0) is 14.8. The lowest BCUT2D eigenvalue weighted by molar-refractivity contribution is -0.166. The minimum absolute atomic E-state index is 0.0250. The first-order valence-corrected chi connectivity index (χ1v) is 8.23. The number of carbonyl (C=O) groups excluding carboxylic acids is 2. The van der Waals surface area contributed by atoms with Gasteiger partial charge in [0.25, 0.3) is 0 Å². The molecule has 0 aromatic rings. The number of carbonyl (C=O) groups is 2. The molecule has 0 unspecified atom stereocenters. The van der Waals surface area contributed by atoms with Gasteiger partial charge in [0.2, 0.25) is 0 Å². The maximum Gasteiger partial charge on any atom is 0.508 e. The summed E-state index contributed by atoms with van der Waals surface area (Å²) in [6, 6.07) is 0. The van der Waals surface area contributed by atoms with Crippen LogP contribution in [0.2, 0.25) is 0 Å². The van der Waals surface area contributed by atoms with Crippen LogP contribution in [0, 0.1) is 5.41 Å². The van der Waals surface area contributed by atoms with Gasteiger partial charge in [0.15, 0.2) is 0 Å². The first kappa shape index (κ1) is 17.3. The van der Waals surface area contributed by atoms with Crippen molar-refractivity contribution in [3.05, 3.63) is 0 Å². The molecule has 1 rings (SSSR count). The molecule has 20 heavy (non-hydrogen) atoms. The Balaban J connectivity index is 2.06. The van der Waals surface area contributed by atoms with Crippen molar-refractivity contribution in [3.8, 4) is 0 Å². The molecule has 1 heterocycles. The fourth-order valence-electron chi connectivity index (χ4n) is 1.88. The molecular weight excluding hydrogens is 328 g/mol. The second-order valence-electron chi connectivity index (χ2n) is 5.33. The number of unbranched alkanes of at least 4 members (excludes halogenated alkanes) is 5. The first-order valence-electron chi connectivity index (χ1n) is 7.11. The molecule has 116 valence electrons. The molecule has 0 amide bonds. The lowest BCUT2D eigenvalue weighted by Crippen LogP contribution is -2.44. The molecule has 5 nitrogen and oxygen atoms in total. The monoisotopic (exact) mass is 350 g/mol. The van der Waals surface area contributed by atoms with Crippen molar-refractivity contribution in [2.75, 3.05) is 25.2 Å². The Hall–Kier alpha value is -0.780. The van der Waals surface area contributed by atoms with E-state index in [0.29, 0.717) is 6.61 Å². The van der Waals surface area contributed by atoms with Crippen LogP contribution in [0.15, 0.2) is 0 Å². The summed E-state index contributed by atoms with van der Waals surface area (Å²) in [5, 5.41) is 1.07. The maximum absolute atomic E-state index is 11.9. The van der Waals surface area contributed by atoms with E-state index in [2.05, 4.69) is 15.9 Å². The Labute approximate surface area is 128 Å². The van der Waals surface area contributed by atoms with Crippen LogP contribution in [0.1, 0.15) is 45.4 Å². The number of alkyl halides is 1. The van der Waals surface area contributed by atoms with Crippen molar-refractivity contribution in [1.29, 1.82) is 0 Å². The van der Waals surface area contributed by atoms with Gasteiger partial charge in [-0.3, -0.25) is 4.79 Å². The minimum Gasteiger partial charge on any atom is -0.465 e. The summed E-state index contributed by atoms with van der Waals surface area (Å²) < 4.78 is 14.7. The Kier molecular flexibility index (Phi) is 7.95. The number of hydrogen-bond donors (Lipinski definition) is 0. The first-order chi connectivity index (χ1) is 9.58. The van der Waals surface area contributed by atoms with E-state index in [4.69, 9.17) is 14.2 Å². The number of halogens is 1. The molecule has 1 fully saturated rings. The Morgan fingerprint density at radius 3 is 2.30 bits per heavy atom. The summed E-state index contributed by atoms with van der Waals surface area (Å²) in [6.07, 6.45) is 6.06. The second kappa shape index (κ2) is 9.21. The van der Waals surface area contributed by atoms with Gasteiger partial charge in [-0.1, -0.05) is 41.6 Å². The van der Waals surface area contributed by atoms with Crippen LogP contribution in [0.4, 0.5) is 4.79 Å². The standard InChI is InChI=1S/C14H23BrO5/c1-14(10-19-13(17)20-11-14)12(16)18-9-7-5-3-2-4-6-8-15/h2-11H2,1H3. The van der Waals surface area contributed by atoms with E-state index in [9.17, 15) is 9.59 Å². The molecule has 0 N–H and O–H groups in total. The number of cyclic esters (lactones) is 2. The number of rotatable bonds is 9. The average Bonchev–Trinajstić information content (AvgIpc) is 2.45. The van der Waals surface area contributed by atoms with Crippen molar-refractivity contribution >= 4 is 28.1 Å². The van der Waals surface area contributed by atoms with Crippen LogP contribution < -0.4 is 0 Å². The summed E-state index contributed by atoms with van der Waals surface area (Å²) in [5.74, 6) is -0.357. The topological polar surface area (TPSA) is 61.8 Å². The lowest BCUT2D eigenvalue weighted by atomic mass is 9.93. The predicted molar refractivity (Wildman–Crippen MR) is 77.9 cm³/mol. The van der Waals surface area contributed by atoms with Gasteiger partial charge in [0.05, 0.1) is 6.61 Å². The molecule has 0 aromatic heterocycles. The molecule has 0 aromatic carbocycles. The zero-order valence-electron chi connectivity index (χ0n) is 12.0. The quantitative estimate of drug-likeness (QED) is 0.362. The van der Waals surface area contributed by atoms with Crippen molar-refractivity contribution in [2.24, 2.45) is 5.41 Å². The van der Waals surface area contributed by atoms with Gasteiger partial charge in [0, 0.05) is 5.33 Å². The van der Waals surface area contributed by atoms with Crippen LogP contribution >= 0.6 is 15.9 Å². The van der Waals surface area contributed by atoms with Gasteiger partial charge < -0.3 is 14.2 Å². The Bertz CT molecular complexity index is 309. The van der Waals surface area contributed by atoms with E-state index >= 15 is 0 Å². The normalized spacial score (nSPS) is 17.2. The Morgan fingerprint density at radius 1 is 1.15 bits per heavy atom. The highest BCUT2D eigenvalue weighted by atomic mass is 79.9. The van der Waals surface area contributed by atoms with E-state index in [1.54, 1.807) is 6.92 Å². The van der Waals surface area contributed by atoms with Crippen LogP contribution in [0.5, 0.6) is 0 Å². The second-order valence-corrected chi connectivity index (χ2v) is 6.13. The van der Waals surface area contributed by atoms with Crippen LogP contribution in [0.3, 0.4) is 0 Å². The van der Waals surface area contributed by atoms with Crippen LogP contribution in [-0.2, 0) is 19.0 Å². The molecule has 0 atom stereocenters. The van der Waals surface area contributed by atoms with Gasteiger partial charge in [-0.2, -0.15) is 0 Å². The summed E-state index contributed by atoms with van der Waals surface area (Å²) in [4.78, 5) is 22.7. The highest BCUT2D eigenvalue weighted by Crippen LogP contribution is 2.24. The summed E-state index contributed by atoms with van der Waals surface area (Å²) in [7, 11) is 0. The molecule has 0 aliphatic carbocycles. The smallest absolute Gasteiger partial charge is 0.465 e.